The Morgan fingerprint density at radius 3 is 1.86 bits per heavy atom. The molecule has 0 bridgehead atoms. The van der Waals surface area contributed by atoms with Gasteiger partial charge in [0.1, 0.15) is 0 Å². The van der Waals surface area contributed by atoms with Crippen molar-refractivity contribution in [3.63, 3.8) is 0 Å². The van der Waals surface area contributed by atoms with Crippen LogP contribution in [-0.2, 0) is 9.84 Å². The number of alkyl halides is 3. The van der Waals surface area contributed by atoms with Crippen LogP contribution in [0.1, 0.15) is 0 Å². The van der Waals surface area contributed by atoms with Crippen LogP contribution in [0.15, 0.2) is 29.2 Å². The molecule has 1 rings (SSSR count). The number of benzene rings is 1. The van der Waals surface area contributed by atoms with E-state index in [2.05, 4.69) is 0 Å². The van der Waals surface area contributed by atoms with Crippen molar-refractivity contribution in [2.45, 2.75) is 10.4 Å². The second-order valence-electron chi connectivity index (χ2n) is 2.42. The maximum absolute atomic E-state index is 12.0. The molecule has 3 nitrogen and oxygen atoms in total. The molecule has 0 radical (unpaired) electrons. The van der Waals surface area contributed by atoms with Gasteiger partial charge in [-0.3, -0.25) is 0 Å². The molecule has 0 saturated heterocycles. The lowest BCUT2D eigenvalue weighted by molar-refractivity contribution is -0.268. The predicted octanol–water partition coefficient (Wildman–Crippen LogP) is 1.05. The van der Waals surface area contributed by atoms with Gasteiger partial charge in [0, 0.05) is 0 Å². The molecule has 0 saturated carbocycles. The first kappa shape index (κ1) is 10.8. The van der Waals surface area contributed by atoms with Crippen LogP contribution in [0.2, 0.25) is 0 Å². The van der Waals surface area contributed by atoms with E-state index >= 15 is 0 Å². The van der Waals surface area contributed by atoms with E-state index in [1.54, 1.807) is 0 Å². The van der Waals surface area contributed by atoms with Gasteiger partial charge in [0.25, 0.3) is 9.84 Å². The highest BCUT2D eigenvalue weighted by Gasteiger charge is 2.46. The molecular weight excluding hydrogens is 221 g/mol. The Labute approximate surface area is 77.7 Å². The standard InChI is InChI=1S/C7H5F3O3S/c8-7(9,10)14(12,13)6-3-1-5(11)2-4-6/h1-4,11H/p-1. The molecular formula is C7H4F3O3S-. The molecule has 0 unspecified atom stereocenters. The molecule has 0 aliphatic rings. The van der Waals surface area contributed by atoms with Crippen LogP contribution in [0.4, 0.5) is 13.2 Å². The van der Waals surface area contributed by atoms with E-state index in [9.17, 15) is 26.7 Å². The van der Waals surface area contributed by atoms with E-state index in [0.717, 1.165) is 12.1 Å². The van der Waals surface area contributed by atoms with Gasteiger partial charge in [-0.15, -0.1) is 5.75 Å². The lowest BCUT2D eigenvalue weighted by Crippen LogP contribution is -2.23. The summed E-state index contributed by atoms with van der Waals surface area (Å²) in [6.07, 6.45) is 0. The molecule has 78 valence electrons. The molecule has 0 N–H and O–H groups in total. The summed E-state index contributed by atoms with van der Waals surface area (Å²) in [6, 6.07) is 2.79. The van der Waals surface area contributed by atoms with E-state index in [-0.39, 0.29) is 0 Å². The van der Waals surface area contributed by atoms with Gasteiger partial charge in [0.05, 0.1) is 4.90 Å². The summed E-state index contributed by atoms with van der Waals surface area (Å²) in [4.78, 5) is -0.926. The third-order valence-corrected chi connectivity index (χ3v) is 2.94. The second kappa shape index (κ2) is 3.16. The van der Waals surface area contributed by atoms with Crippen LogP contribution in [-0.4, -0.2) is 13.9 Å². The zero-order chi connectivity index (χ0) is 11.0. The van der Waals surface area contributed by atoms with Crippen molar-refractivity contribution < 1.29 is 26.7 Å². The van der Waals surface area contributed by atoms with Gasteiger partial charge >= 0.3 is 5.51 Å². The number of hydrogen-bond acceptors (Lipinski definition) is 3. The molecule has 0 fully saturated rings. The van der Waals surface area contributed by atoms with Crippen LogP contribution < -0.4 is 5.11 Å². The Morgan fingerprint density at radius 2 is 1.50 bits per heavy atom. The van der Waals surface area contributed by atoms with E-state index in [1.807, 2.05) is 0 Å². The first-order valence-electron chi connectivity index (χ1n) is 3.33. The first-order valence-corrected chi connectivity index (χ1v) is 4.82. The topological polar surface area (TPSA) is 57.2 Å². The number of sulfone groups is 1. The van der Waals surface area contributed by atoms with Crippen molar-refractivity contribution in [2.24, 2.45) is 0 Å². The average Bonchev–Trinajstić information content (AvgIpc) is 2.03. The van der Waals surface area contributed by atoms with Gasteiger partial charge in [-0.25, -0.2) is 8.42 Å². The number of rotatable bonds is 1. The largest absolute Gasteiger partial charge is 0.872 e. The fraction of sp³-hybridized carbons (Fsp3) is 0.143. The van der Waals surface area contributed by atoms with Crippen LogP contribution >= 0.6 is 0 Å². The molecule has 0 amide bonds. The molecule has 1 aromatic rings. The fourth-order valence-corrected chi connectivity index (χ4v) is 1.51. The molecule has 0 aliphatic carbocycles. The molecule has 1 aromatic carbocycles. The van der Waals surface area contributed by atoms with Crippen molar-refractivity contribution in [2.75, 3.05) is 0 Å². The van der Waals surface area contributed by atoms with Crippen LogP contribution in [0.3, 0.4) is 0 Å². The van der Waals surface area contributed by atoms with E-state index in [1.165, 1.54) is 0 Å². The molecule has 0 heterocycles. The normalized spacial score (nSPS) is 12.8. The average molecular weight is 225 g/mol. The van der Waals surface area contributed by atoms with Gasteiger partial charge < -0.3 is 5.11 Å². The van der Waals surface area contributed by atoms with Crippen molar-refractivity contribution in [1.82, 2.24) is 0 Å². The zero-order valence-electron chi connectivity index (χ0n) is 6.58. The van der Waals surface area contributed by atoms with Crippen molar-refractivity contribution >= 4 is 9.84 Å². The summed E-state index contributed by atoms with van der Waals surface area (Å²) in [5.41, 5.74) is -5.34. The van der Waals surface area contributed by atoms with Crippen molar-refractivity contribution in [3.05, 3.63) is 24.3 Å². The Hall–Kier alpha value is -1.24. The minimum Gasteiger partial charge on any atom is -0.872 e. The summed E-state index contributed by atoms with van der Waals surface area (Å²) in [5, 5.41) is 10.5. The molecule has 0 aromatic heterocycles. The van der Waals surface area contributed by atoms with Crippen LogP contribution in [0.5, 0.6) is 5.75 Å². The van der Waals surface area contributed by atoms with E-state index in [4.69, 9.17) is 0 Å². The van der Waals surface area contributed by atoms with Crippen LogP contribution in [0.25, 0.3) is 0 Å². The van der Waals surface area contributed by atoms with Crippen molar-refractivity contribution in [1.29, 1.82) is 0 Å². The quantitative estimate of drug-likeness (QED) is 0.717. The van der Waals surface area contributed by atoms with E-state index in [0.29, 0.717) is 12.1 Å². The maximum Gasteiger partial charge on any atom is 0.501 e. The SMILES string of the molecule is O=S(=O)(c1ccc([O-])cc1)C(F)(F)F. The summed E-state index contributed by atoms with van der Waals surface area (Å²) in [6.45, 7) is 0. The monoisotopic (exact) mass is 225 g/mol. The minimum absolute atomic E-state index is 0.550. The highest BCUT2D eigenvalue weighted by molar-refractivity contribution is 7.92. The predicted molar refractivity (Wildman–Crippen MR) is 39.1 cm³/mol. The highest BCUT2D eigenvalue weighted by Crippen LogP contribution is 2.30. The third kappa shape index (κ3) is 1.82. The Kier molecular flexibility index (Phi) is 2.45. The minimum atomic E-state index is -5.34. The summed E-state index contributed by atoms with van der Waals surface area (Å²) in [7, 11) is -5.33. The lowest BCUT2D eigenvalue weighted by atomic mass is 10.3. The van der Waals surface area contributed by atoms with E-state index < -0.39 is 26.0 Å². The second-order valence-corrected chi connectivity index (χ2v) is 4.36. The number of halogens is 3. The van der Waals surface area contributed by atoms with Gasteiger partial charge in [0.2, 0.25) is 0 Å². The summed E-state index contributed by atoms with van der Waals surface area (Å²) in [5.74, 6) is -0.550. The smallest absolute Gasteiger partial charge is 0.501 e. The molecule has 0 atom stereocenters. The first-order chi connectivity index (χ1) is 6.25. The number of hydrogen-bond donors (Lipinski definition) is 0. The van der Waals surface area contributed by atoms with Gasteiger partial charge in [-0.05, 0) is 12.1 Å². The van der Waals surface area contributed by atoms with Crippen molar-refractivity contribution in [3.8, 4) is 5.75 Å². The molecule has 0 aliphatic heterocycles. The maximum atomic E-state index is 12.0. The highest BCUT2D eigenvalue weighted by atomic mass is 32.2. The molecule has 7 heteroatoms. The summed E-state index contributed by atoms with van der Waals surface area (Å²) < 4.78 is 57.3. The molecule has 0 spiro atoms. The zero-order valence-corrected chi connectivity index (χ0v) is 7.39. The Morgan fingerprint density at radius 1 is 1.07 bits per heavy atom. The lowest BCUT2D eigenvalue weighted by Gasteiger charge is -2.09. The van der Waals surface area contributed by atoms with Gasteiger partial charge in [0.15, 0.2) is 0 Å². The van der Waals surface area contributed by atoms with Crippen LogP contribution in [0, 0.1) is 0 Å². The summed E-state index contributed by atoms with van der Waals surface area (Å²) >= 11 is 0. The fourth-order valence-electron chi connectivity index (χ4n) is 0.752. The Balaban J connectivity index is 3.25. The third-order valence-electron chi connectivity index (χ3n) is 1.44. The Bertz CT molecular complexity index is 418. The molecule has 14 heavy (non-hydrogen) atoms. The van der Waals surface area contributed by atoms with Gasteiger partial charge in [-0.2, -0.15) is 13.2 Å². The van der Waals surface area contributed by atoms with Gasteiger partial charge in [-0.1, -0.05) is 12.1 Å².